The minimum absolute atomic E-state index is 0.0522. The van der Waals surface area contributed by atoms with Crippen molar-refractivity contribution in [3.05, 3.63) is 18.2 Å². The van der Waals surface area contributed by atoms with Crippen molar-refractivity contribution < 1.29 is 34.2 Å². The second-order valence-corrected chi connectivity index (χ2v) is 6.79. The van der Waals surface area contributed by atoms with Crippen molar-refractivity contribution in [3.8, 4) is 0 Å². The molecule has 4 unspecified atom stereocenters. The van der Waals surface area contributed by atoms with Crippen molar-refractivity contribution in [2.45, 2.75) is 50.4 Å². The summed E-state index contributed by atoms with van der Waals surface area (Å²) in [6, 6.07) is -3.81. The van der Waals surface area contributed by atoms with Crippen LogP contribution in [0.1, 0.15) is 25.5 Å². The summed E-state index contributed by atoms with van der Waals surface area (Å²) in [6.45, 7) is 0.611. The molecule has 31 heavy (non-hydrogen) atoms. The number of amides is 4. The van der Waals surface area contributed by atoms with Gasteiger partial charge in [-0.2, -0.15) is 0 Å². The molecule has 1 aromatic heterocycles. The SMILES string of the molecule is CC(O)C(N)C(=O)NC(Cc1cnc[nH]1)C(=O)NC(CCC(N)=O)C(=O)NCC(=O)O. The maximum absolute atomic E-state index is 12.8. The highest BCUT2D eigenvalue weighted by atomic mass is 16.4. The first-order chi connectivity index (χ1) is 14.5. The summed E-state index contributed by atoms with van der Waals surface area (Å²) in [5.74, 6) is -4.48. The fraction of sp³-hybridized carbons (Fsp3) is 0.529. The van der Waals surface area contributed by atoms with Crippen LogP contribution in [0.3, 0.4) is 0 Å². The van der Waals surface area contributed by atoms with Crippen LogP contribution in [0.5, 0.6) is 0 Å². The fourth-order valence-electron chi connectivity index (χ4n) is 2.43. The molecule has 0 aliphatic carbocycles. The van der Waals surface area contributed by atoms with Crippen LogP contribution in [0, 0.1) is 0 Å². The zero-order valence-electron chi connectivity index (χ0n) is 16.8. The first kappa shape index (κ1) is 25.5. The second kappa shape index (κ2) is 12.2. The van der Waals surface area contributed by atoms with E-state index in [1.54, 1.807) is 0 Å². The molecule has 1 aromatic rings. The molecule has 0 fully saturated rings. The van der Waals surface area contributed by atoms with E-state index in [1.807, 2.05) is 0 Å². The van der Waals surface area contributed by atoms with E-state index >= 15 is 0 Å². The summed E-state index contributed by atoms with van der Waals surface area (Å²) in [5, 5.41) is 25.1. The Morgan fingerprint density at radius 2 is 1.77 bits per heavy atom. The molecule has 14 heteroatoms. The van der Waals surface area contributed by atoms with E-state index in [2.05, 4.69) is 25.9 Å². The minimum atomic E-state index is -1.30. The lowest BCUT2D eigenvalue weighted by molar-refractivity contribution is -0.138. The Bertz CT molecular complexity index is 782. The second-order valence-electron chi connectivity index (χ2n) is 6.79. The molecule has 4 atom stereocenters. The van der Waals surface area contributed by atoms with Gasteiger partial charge in [-0.1, -0.05) is 0 Å². The molecule has 172 valence electrons. The molecule has 0 aliphatic heterocycles. The maximum Gasteiger partial charge on any atom is 0.322 e. The summed E-state index contributed by atoms with van der Waals surface area (Å²) in [5.41, 5.74) is 11.2. The van der Waals surface area contributed by atoms with E-state index in [1.165, 1.54) is 19.4 Å². The number of carbonyl (C=O) groups is 5. The van der Waals surface area contributed by atoms with Crippen LogP contribution in [0.2, 0.25) is 0 Å². The lowest BCUT2D eigenvalue weighted by atomic mass is 10.1. The Kier molecular flexibility index (Phi) is 10.1. The number of aliphatic hydroxyl groups excluding tert-OH is 1. The van der Waals surface area contributed by atoms with Crippen molar-refractivity contribution >= 4 is 29.6 Å². The van der Waals surface area contributed by atoms with Crippen LogP contribution >= 0.6 is 0 Å². The average molecular weight is 441 g/mol. The molecule has 0 radical (unpaired) electrons. The molecule has 14 nitrogen and oxygen atoms in total. The van der Waals surface area contributed by atoms with Crippen LogP contribution in [0.4, 0.5) is 0 Å². The minimum Gasteiger partial charge on any atom is -0.480 e. The third kappa shape index (κ3) is 9.22. The third-order valence-corrected chi connectivity index (χ3v) is 4.16. The van der Waals surface area contributed by atoms with E-state index < -0.39 is 60.4 Å². The number of nitrogens with two attached hydrogens (primary N) is 2. The highest BCUT2D eigenvalue weighted by molar-refractivity contribution is 5.94. The highest BCUT2D eigenvalue weighted by Crippen LogP contribution is 2.04. The smallest absolute Gasteiger partial charge is 0.322 e. The first-order valence-electron chi connectivity index (χ1n) is 9.30. The van der Waals surface area contributed by atoms with E-state index in [0.29, 0.717) is 5.69 Å². The molecule has 0 bridgehead atoms. The summed E-state index contributed by atoms with van der Waals surface area (Å²) in [4.78, 5) is 65.7. The van der Waals surface area contributed by atoms with Gasteiger partial charge in [0.15, 0.2) is 0 Å². The summed E-state index contributed by atoms with van der Waals surface area (Å²) >= 11 is 0. The van der Waals surface area contributed by atoms with Gasteiger partial charge in [0.05, 0.1) is 12.4 Å². The van der Waals surface area contributed by atoms with Gasteiger partial charge in [0.2, 0.25) is 23.6 Å². The van der Waals surface area contributed by atoms with Gasteiger partial charge in [0.1, 0.15) is 24.7 Å². The normalized spacial score (nSPS) is 14.5. The van der Waals surface area contributed by atoms with E-state index in [9.17, 15) is 29.1 Å². The summed E-state index contributed by atoms with van der Waals surface area (Å²) in [7, 11) is 0. The number of carboxylic acids is 1. The number of rotatable bonds is 13. The van der Waals surface area contributed by atoms with E-state index in [0.717, 1.165) is 0 Å². The van der Waals surface area contributed by atoms with Crippen LogP contribution in [-0.2, 0) is 30.4 Å². The number of aromatic nitrogens is 2. The predicted octanol–water partition coefficient (Wildman–Crippen LogP) is -3.90. The predicted molar refractivity (Wildman–Crippen MR) is 105 cm³/mol. The van der Waals surface area contributed by atoms with Crippen molar-refractivity contribution in [2.24, 2.45) is 11.5 Å². The number of aliphatic carboxylic acids is 1. The van der Waals surface area contributed by atoms with Crippen molar-refractivity contribution in [1.29, 1.82) is 0 Å². The number of primary amides is 1. The van der Waals surface area contributed by atoms with Gasteiger partial charge in [-0.3, -0.25) is 24.0 Å². The molecule has 1 heterocycles. The zero-order chi connectivity index (χ0) is 23.6. The Balaban J connectivity index is 2.97. The molecule has 4 amide bonds. The largest absolute Gasteiger partial charge is 0.480 e. The highest BCUT2D eigenvalue weighted by Gasteiger charge is 2.30. The van der Waals surface area contributed by atoms with Crippen molar-refractivity contribution in [2.75, 3.05) is 6.54 Å². The number of hydrogen-bond acceptors (Lipinski definition) is 8. The van der Waals surface area contributed by atoms with Gasteiger partial charge < -0.3 is 42.6 Å². The molecule has 0 aliphatic rings. The molecule has 0 aromatic carbocycles. The molecule has 1 rings (SSSR count). The van der Waals surface area contributed by atoms with Gasteiger partial charge in [-0.05, 0) is 13.3 Å². The number of nitrogens with one attached hydrogen (secondary N) is 4. The quantitative estimate of drug-likeness (QED) is 0.149. The number of carbonyl (C=O) groups excluding carboxylic acids is 4. The lowest BCUT2D eigenvalue weighted by Crippen LogP contribution is -2.58. The Morgan fingerprint density at radius 3 is 2.29 bits per heavy atom. The number of nitrogens with zero attached hydrogens (tertiary/aromatic N) is 1. The fourth-order valence-corrected chi connectivity index (χ4v) is 2.43. The Morgan fingerprint density at radius 1 is 1.13 bits per heavy atom. The first-order valence-corrected chi connectivity index (χ1v) is 9.30. The van der Waals surface area contributed by atoms with Gasteiger partial charge in [0.25, 0.3) is 0 Å². The van der Waals surface area contributed by atoms with Crippen molar-refractivity contribution in [3.63, 3.8) is 0 Å². The van der Waals surface area contributed by atoms with Gasteiger partial charge in [0, 0.05) is 24.7 Å². The molecule has 0 spiro atoms. The number of aromatic amines is 1. The topological polar surface area (TPSA) is 243 Å². The molecular weight excluding hydrogens is 414 g/mol. The van der Waals surface area contributed by atoms with Crippen LogP contribution < -0.4 is 27.4 Å². The van der Waals surface area contributed by atoms with Gasteiger partial charge in [-0.25, -0.2) is 4.98 Å². The Hall–Kier alpha value is -3.52. The van der Waals surface area contributed by atoms with E-state index in [-0.39, 0.29) is 19.3 Å². The number of H-pyrrole nitrogens is 1. The molecular formula is C17H27N7O7. The molecule has 10 N–H and O–H groups in total. The standard InChI is InChI=1S/C17H27N7O7/c1-8(25)14(19)17(31)24-11(4-9-5-20-7-22-9)16(30)23-10(2-3-12(18)26)15(29)21-6-13(27)28/h5,7-8,10-11,14,25H,2-4,6,19H2,1H3,(H2,18,26)(H,20,22)(H,21,29)(H,23,30)(H,24,31)(H,27,28). The van der Waals surface area contributed by atoms with Crippen LogP contribution in [-0.4, -0.2) is 80.6 Å². The summed E-state index contributed by atoms with van der Waals surface area (Å²) in [6.07, 6.45) is 1.11. The molecule has 0 saturated heterocycles. The monoisotopic (exact) mass is 441 g/mol. The van der Waals surface area contributed by atoms with Crippen molar-refractivity contribution in [1.82, 2.24) is 25.9 Å². The lowest BCUT2D eigenvalue weighted by Gasteiger charge is -2.24. The van der Waals surface area contributed by atoms with Crippen LogP contribution in [0.15, 0.2) is 12.5 Å². The summed E-state index contributed by atoms with van der Waals surface area (Å²) < 4.78 is 0. The Labute approximate surface area is 177 Å². The molecule has 0 saturated carbocycles. The number of aliphatic hydroxyl groups is 1. The zero-order valence-corrected chi connectivity index (χ0v) is 16.8. The van der Waals surface area contributed by atoms with Gasteiger partial charge in [-0.15, -0.1) is 0 Å². The van der Waals surface area contributed by atoms with Crippen LogP contribution in [0.25, 0.3) is 0 Å². The third-order valence-electron chi connectivity index (χ3n) is 4.16. The number of hydrogen-bond donors (Lipinski definition) is 8. The number of imidazole rings is 1. The van der Waals surface area contributed by atoms with Gasteiger partial charge >= 0.3 is 5.97 Å². The van der Waals surface area contributed by atoms with E-state index in [4.69, 9.17) is 16.6 Å². The number of carboxylic acid groups (broad SMARTS) is 1. The average Bonchev–Trinajstić information content (AvgIpc) is 3.20. The maximum atomic E-state index is 12.8.